The molecular formula is C18H20FN3O3. The van der Waals surface area contributed by atoms with Gasteiger partial charge in [-0.1, -0.05) is 24.3 Å². The quantitative estimate of drug-likeness (QED) is 0.720. The minimum absolute atomic E-state index is 0.0810. The molecule has 0 fully saturated rings. The Bertz CT molecular complexity index is 747. The second-order valence-electron chi connectivity index (χ2n) is 5.65. The molecule has 0 radical (unpaired) electrons. The van der Waals surface area contributed by atoms with E-state index in [1.165, 1.54) is 24.3 Å². The van der Waals surface area contributed by atoms with E-state index >= 15 is 0 Å². The van der Waals surface area contributed by atoms with E-state index in [0.29, 0.717) is 5.56 Å². The molecule has 0 aromatic heterocycles. The summed E-state index contributed by atoms with van der Waals surface area (Å²) in [5.41, 5.74) is 1.51. The Balaban J connectivity index is 1.88. The molecule has 0 saturated heterocycles. The zero-order valence-electron chi connectivity index (χ0n) is 14.0. The second-order valence-corrected chi connectivity index (χ2v) is 5.65. The molecule has 7 heteroatoms. The van der Waals surface area contributed by atoms with Crippen LogP contribution in [-0.2, 0) is 9.59 Å². The topological polar surface area (TPSA) is 81.7 Å². The molecule has 0 saturated carbocycles. The largest absolute Gasteiger partial charge is 0.387 e. The number of nitrogens with one attached hydrogen (secondary N) is 2. The summed E-state index contributed by atoms with van der Waals surface area (Å²) >= 11 is 0. The van der Waals surface area contributed by atoms with E-state index in [0.717, 1.165) is 5.69 Å². The number of nitrogens with zero attached hydrogens (tertiary/aromatic N) is 1. The number of carbonyl (C=O) groups excluding carboxylic acids is 2. The fourth-order valence-electron chi connectivity index (χ4n) is 2.12. The fourth-order valence-corrected chi connectivity index (χ4v) is 2.12. The van der Waals surface area contributed by atoms with Crippen LogP contribution in [0.2, 0.25) is 0 Å². The Labute approximate surface area is 145 Å². The highest BCUT2D eigenvalue weighted by Crippen LogP contribution is 2.17. The molecule has 1 atom stereocenters. The number of hydrogen-bond acceptors (Lipinski definition) is 4. The summed E-state index contributed by atoms with van der Waals surface area (Å²) in [7, 11) is 3.81. The standard InChI is InChI=1S/C18H20FN3O3/c1-22(2)13-9-7-12(8-10-13)16(23)11-20-17(24)18(25)21-15-6-4-3-5-14(15)19/h3-10,16,23H,11H2,1-2H3,(H,20,24)(H,21,25)/t16-/m0/s1. The summed E-state index contributed by atoms with van der Waals surface area (Å²) in [4.78, 5) is 25.5. The lowest BCUT2D eigenvalue weighted by Gasteiger charge is -2.15. The summed E-state index contributed by atoms with van der Waals surface area (Å²) in [6.45, 7) is -0.134. The molecule has 0 bridgehead atoms. The van der Waals surface area contributed by atoms with Gasteiger partial charge in [-0.3, -0.25) is 9.59 Å². The first-order valence-corrected chi connectivity index (χ1v) is 7.67. The average Bonchev–Trinajstić information content (AvgIpc) is 2.61. The van der Waals surface area contributed by atoms with E-state index in [4.69, 9.17) is 0 Å². The molecule has 0 aliphatic rings. The predicted molar refractivity (Wildman–Crippen MR) is 93.8 cm³/mol. The summed E-state index contributed by atoms with van der Waals surface area (Å²) in [5.74, 6) is -2.59. The van der Waals surface area contributed by atoms with Crippen molar-refractivity contribution >= 4 is 23.2 Å². The van der Waals surface area contributed by atoms with Crippen LogP contribution in [0.4, 0.5) is 15.8 Å². The van der Waals surface area contributed by atoms with E-state index in [9.17, 15) is 19.1 Å². The van der Waals surface area contributed by atoms with Gasteiger partial charge in [0.25, 0.3) is 0 Å². The molecule has 0 aliphatic carbocycles. The van der Waals surface area contributed by atoms with Crippen LogP contribution in [0.25, 0.3) is 0 Å². The van der Waals surface area contributed by atoms with Crippen LogP contribution in [0.3, 0.4) is 0 Å². The summed E-state index contributed by atoms with van der Waals surface area (Å²) < 4.78 is 13.4. The maximum absolute atomic E-state index is 13.4. The normalized spacial score (nSPS) is 11.5. The van der Waals surface area contributed by atoms with Crippen molar-refractivity contribution in [2.24, 2.45) is 0 Å². The number of carbonyl (C=O) groups is 2. The van der Waals surface area contributed by atoms with Crippen LogP contribution in [0.1, 0.15) is 11.7 Å². The fraction of sp³-hybridized carbons (Fsp3) is 0.222. The highest BCUT2D eigenvalue weighted by atomic mass is 19.1. The summed E-state index contributed by atoms with van der Waals surface area (Å²) in [6, 6.07) is 12.7. The van der Waals surface area contributed by atoms with Crippen molar-refractivity contribution in [2.45, 2.75) is 6.10 Å². The maximum Gasteiger partial charge on any atom is 0.313 e. The Kier molecular flexibility index (Phi) is 6.08. The van der Waals surface area contributed by atoms with Gasteiger partial charge < -0.3 is 20.6 Å². The third-order valence-electron chi connectivity index (χ3n) is 3.58. The number of aliphatic hydroxyl groups is 1. The van der Waals surface area contributed by atoms with Gasteiger partial charge in [0.05, 0.1) is 11.8 Å². The Morgan fingerprint density at radius 1 is 1.08 bits per heavy atom. The van der Waals surface area contributed by atoms with Crippen LogP contribution in [0.15, 0.2) is 48.5 Å². The van der Waals surface area contributed by atoms with Crippen molar-refractivity contribution in [3.63, 3.8) is 0 Å². The second kappa shape index (κ2) is 8.25. The number of anilines is 2. The molecule has 2 rings (SSSR count). The Morgan fingerprint density at radius 3 is 2.32 bits per heavy atom. The molecular weight excluding hydrogens is 325 g/mol. The lowest BCUT2D eigenvalue weighted by Crippen LogP contribution is -2.37. The molecule has 25 heavy (non-hydrogen) atoms. The van der Waals surface area contributed by atoms with E-state index < -0.39 is 23.7 Å². The first kappa shape index (κ1) is 18.4. The van der Waals surface area contributed by atoms with Crippen molar-refractivity contribution in [1.82, 2.24) is 5.32 Å². The summed E-state index contributed by atoms with van der Waals surface area (Å²) in [6.07, 6.45) is -0.957. The van der Waals surface area contributed by atoms with E-state index in [1.807, 2.05) is 31.1 Å². The zero-order valence-corrected chi connectivity index (χ0v) is 14.0. The van der Waals surface area contributed by atoms with Crippen molar-refractivity contribution in [2.75, 3.05) is 30.9 Å². The molecule has 0 heterocycles. The molecule has 0 spiro atoms. The van der Waals surface area contributed by atoms with Crippen LogP contribution in [0.5, 0.6) is 0 Å². The van der Waals surface area contributed by atoms with Crippen LogP contribution in [0, 0.1) is 5.82 Å². The van der Waals surface area contributed by atoms with Gasteiger partial charge in [-0.15, -0.1) is 0 Å². The van der Waals surface area contributed by atoms with Gasteiger partial charge in [0.1, 0.15) is 5.82 Å². The van der Waals surface area contributed by atoms with Crippen LogP contribution in [-0.4, -0.2) is 37.6 Å². The minimum atomic E-state index is -1.000. The monoisotopic (exact) mass is 345 g/mol. The number of rotatable bonds is 5. The number of para-hydroxylation sites is 1. The number of halogens is 1. The van der Waals surface area contributed by atoms with Gasteiger partial charge in [0, 0.05) is 26.3 Å². The number of hydrogen-bond donors (Lipinski definition) is 3. The van der Waals surface area contributed by atoms with Crippen molar-refractivity contribution in [1.29, 1.82) is 0 Å². The zero-order chi connectivity index (χ0) is 18.4. The molecule has 3 N–H and O–H groups in total. The highest BCUT2D eigenvalue weighted by molar-refractivity contribution is 6.39. The Hall–Kier alpha value is -2.93. The molecule has 0 aliphatic heterocycles. The van der Waals surface area contributed by atoms with Gasteiger partial charge in [-0.05, 0) is 29.8 Å². The smallest absolute Gasteiger partial charge is 0.313 e. The third kappa shape index (κ3) is 5.02. The van der Waals surface area contributed by atoms with Crippen molar-refractivity contribution in [3.8, 4) is 0 Å². The third-order valence-corrected chi connectivity index (χ3v) is 3.58. The van der Waals surface area contributed by atoms with Gasteiger partial charge in [0.15, 0.2) is 0 Å². The van der Waals surface area contributed by atoms with Gasteiger partial charge >= 0.3 is 11.8 Å². The first-order valence-electron chi connectivity index (χ1n) is 7.67. The van der Waals surface area contributed by atoms with Crippen molar-refractivity contribution in [3.05, 3.63) is 59.9 Å². The van der Waals surface area contributed by atoms with E-state index in [1.54, 1.807) is 12.1 Å². The lowest BCUT2D eigenvalue weighted by molar-refractivity contribution is -0.136. The van der Waals surface area contributed by atoms with Gasteiger partial charge in [0.2, 0.25) is 0 Å². The SMILES string of the molecule is CN(C)c1ccc([C@@H](O)CNC(=O)C(=O)Nc2ccccc2F)cc1. The number of aliphatic hydroxyl groups excluding tert-OH is 1. The molecule has 0 unspecified atom stereocenters. The van der Waals surface area contributed by atoms with E-state index in [2.05, 4.69) is 10.6 Å². The molecule has 2 amide bonds. The number of benzene rings is 2. The predicted octanol–water partition coefficient (Wildman–Crippen LogP) is 1.68. The number of amides is 2. The van der Waals surface area contributed by atoms with Gasteiger partial charge in [-0.2, -0.15) is 0 Å². The average molecular weight is 345 g/mol. The van der Waals surface area contributed by atoms with Gasteiger partial charge in [-0.25, -0.2) is 4.39 Å². The highest BCUT2D eigenvalue weighted by Gasteiger charge is 2.17. The molecule has 132 valence electrons. The van der Waals surface area contributed by atoms with E-state index in [-0.39, 0.29) is 12.2 Å². The van der Waals surface area contributed by atoms with Crippen LogP contribution >= 0.6 is 0 Å². The molecule has 2 aromatic rings. The molecule has 6 nitrogen and oxygen atoms in total. The van der Waals surface area contributed by atoms with Crippen molar-refractivity contribution < 1.29 is 19.1 Å². The lowest BCUT2D eigenvalue weighted by atomic mass is 10.1. The maximum atomic E-state index is 13.4. The Morgan fingerprint density at radius 2 is 1.72 bits per heavy atom. The summed E-state index contributed by atoms with van der Waals surface area (Å²) in [5, 5.41) is 14.6. The minimum Gasteiger partial charge on any atom is -0.387 e. The van der Waals surface area contributed by atoms with Crippen LogP contribution < -0.4 is 15.5 Å². The first-order chi connectivity index (χ1) is 11.9. The molecule has 2 aromatic carbocycles.